The van der Waals surface area contributed by atoms with Gasteiger partial charge in [0, 0.05) is 5.56 Å². The van der Waals surface area contributed by atoms with Crippen molar-refractivity contribution in [2.24, 2.45) is 0 Å². The minimum absolute atomic E-state index is 0.133. The molecule has 0 saturated carbocycles. The number of hydrogen-bond donors (Lipinski definition) is 0. The van der Waals surface area contributed by atoms with E-state index in [-0.39, 0.29) is 16.6 Å². The molecule has 5 heteroatoms. The predicted molar refractivity (Wildman–Crippen MR) is 64.4 cm³/mol. The quantitative estimate of drug-likeness (QED) is 0.488. The fourth-order valence-electron chi connectivity index (χ4n) is 1.35. The third-order valence-electron chi connectivity index (χ3n) is 2.21. The summed E-state index contributed by atoms with van der Waals surface area (Å²) in [6, 6.07) is 2.66. The van der Waals surface area contributed by atoms with Crippen LogP contribution in [-0.4, -0.2) is 18.4 Å². The molecule has 3 nitrogen and oxygen atoms in total. The second-order valence-electron chi connectivity index (χ2n) is 3.33. The number of halogens is 2. The fourth-order valence-corrected chi connectivity index (χ4v) is 1.85. The van der Waals surface area contributed by atoms with Crippen LogP contribution in [0.2, 0.25) is 0 Å². The second-order valence-corrected chi connectivity index (χ2v) is 4.19. The number of esters is 1. The molecule has 1 aromatic rings. The van der Waals surface area contributed by atoms with Crippen LogP contribution in [0.4, 0.5) is 4.39 Å². The van der Waals surface area contributed by atoms with Crippen LogP contribution in [0.5, 0.6) is 0 Å². The number of hydrogen-bond acceptors (Lipinski definition) is 3. The van der Waals surface area contributed by atoms with Gasteiger partial charge in [-0.25, -0.2) is 9.18 Å². The van der Waals surface area contributed by atoms with Gasteiger partial charge in [-0.2, -0.15) is 0 Å². The highest BCUT2D eigenvalue weighted by molar-refractivity contribution is 9.10. The molecule has 92 valence electrons. The highest BCUT2D eigenvalue weighted by Gasteiger charge is 2.20. The third kappa shape index (κ3) is 3.12. The Morgan fingerprint density at radius 2 is 2.00 bits per heavy atom. The van der Waals surface area contributed by atoms with E-state index in [9.17, 15) is 14.0 Å². The Hall–Kier alpha value is -1.23. The minimum Gasteiger partial charge on any atom is -0.460 e. The maximum atomic E-state index is 13.5. The third-order valence-corrected chi connectivity index (χ3v) is 2.78. The van der Waals surface area contributed by atoms with Crippen LogP contribution < -0.4 is 0 Å². The lowest BCUT2D eigenvalue weighted by Gasteiger charge is -2.06. The molecule has 0 amide bonds. The van der Waals surface area contributed by atoms with Gasteiger partial charge in [0.15, 0.2) is 0 Å². The largest absolute Gasteiger partial charge is 0.460 e. The minimum atomic E-state index is -0.923. The van der Waals surface area contributed by atoms with Gasteiger partial charge in [0.25, 0.3) is 5.78 Å². The number of benzene rings is 1. The zero-order valence-corrected chi connectivity index (χ0v) is 11.1. The first-order valence-electron chi connectivity index (χ1n) is 5.20. The number of carbonyl (C=O) groups excluding carboxylic acids is 2. The number of ether oxygens (including phenoxy) is 1. The van der Waals surface area contributed by atoms with Gasteiger partial charge in [0.1, 0.15) is 5.82 Å². The van der Waals surface area contributed by atoms with Crippen molar-refractivity contribution in [1.82, 2.24) is 0 Å². The number of ketones is 1. The predicted octanol–water partition coefficient (Wildman–Crippen LogP) is 2.90. The Bertz CT molecular complexity index is 457. The van der Waals surface area contributed by atoms with Crippen molar-refractivity contribution in [3.63, 3.8) is 0 Å². The lowest BCUT2D eigenvalue weighted by Crippen LogP contribution is -2.18. The number of Topliss-reactive ketones (excluding diaryl/α,β-unsaturated/α-hetero) is 1. The molecule has 0 atom stereocenters. The van der Waals surface area contributed by atoms with Crippen LogP contribution in [0.15, 0.2) is 16.6 Å². The van der Waals surface area contributed by atoms with Crippen LogP contribution in [-0.2, 0) is 16.0 Å². The molecule has 0 aliphatic heterocycles. The lowest BCUT2D eigenvalue weighted by atomic mass is 10.1. The van der Waals surface area contributed by atoms with Crippen LogP contribution in [0, 0.1) is 5.82 Å². The Morgan fingerprint density at radius 3 is 2.53 bits per heavy atom. The van der Waals surface area contributed by atoms with E-state index in [1.54, 1.807) is 13.8 Å². The molecule has 0 aliphatic carbocycles. The molecular formula is C12H12BrFO3. The fraction of sp³-hybridized carbons (Fsp3) is 0.333. The second kappa shape index (κ2) is 5.91. The van der Waals surface area contributed by atoms with Gasteiger partial charge < -0.3 is 4.74 Å². The van der Waals surface area contributed by atoms with Crippen LogP contribution in [0.25, 0.3) is 0 Å². The van der Waals surface area contributed by atoms with Crippen molar-refractivity contribution in [2.45, 2.75) is 20.3 Å². The number of rotatable bonds is 4. The van der Waals surface area contributed by atoms with E-state index in [1.165, 1.54) is 12.1 Å². The number of carbonyl (C=O) groups is 2. The zero-order chi connectivity index (χ0) is 13.0. The molecule has 0 spiro atoms. The van der Waals surface area contributed by atoms with Gasteiger partial charge in [0.05, 0.1) is 11.1 Å². The zero-order valence-electron chi connectivity index (χ0n) is 9.55. The molecule has 0 saturated heterocycles. The van der Waals surface area contributed by atoms with Crippen molar-refractivity contribution in [3.8, 4) is 0 Å². The maximum absolute atomic E-state index is 13.5. The van der Waals surface area contributed by atoms with Crippen LogP contribution in [0.1, 0.15) is 29.8 Å². The SMILES string of the molecule is CCOC(=O)C(=O)c1cc(Br)c(F)c(CC)c1. The maximum Gasteiger partial charge on any atom is 0.379 e. The molecule has 17 heavy (non-hydrogen) atoms. The summed E-state index contributed by atoms with van der Waals surface area (Å²) in [5, 5.41) is 0. The lowest BCUT2D eigenvalue weighted by molar-refractivity contribution is -0.137. The molecule has 0 heterocycles. The van der Waals surface area contributed by atoms with Gasteiger partial charge in [-0.1, -0.05) is 6.92 Å². The smallest absolute Gasteiger partial charge is 0.379 e. The molecule has 1 rings (SSSR count). The summed E-state index contributed by atoms with van der Waals surface area (Å²) in [4.78, 5) is 22.9. The molecule has 0 unspecified atom stereocenters. The Kier molecular flexibility index (Phi) is 4.81. The molecule has 0 fully saturated rings. The van der Waals surface area contributed by atoms with Gasteiger partial charge >= 0.3 is 5.97 Å². The van der Waals surface area contributed by atoms with E-state index in [1.807, 2.05) is 0 Å². The van der Waals surface area contributed by atoms with E-state index in [4.69, 9.17) is 0 Å². The summed E-state index contributed by atoms with van der Waals surface area (Å²) in [7, 11) is 0. The van der Waals surface area contributed by atoms with E-state index in [0.717, 1.165) is 0 Å². The van der Waals surface area contributed by atoms with Gasteiger partial charge in [0.2, 0.25) is 0 Å². The van der Waals surface area contributed by atoms with Gasteiger partial charge in [-0.05, 0) is 47.0 Å². The average Bonchev–Trinajstić information content (AvgIpc) is 2.31. The summed E-state index contributed by atoms with van der Waals surface area (Å²) < 4.78 is 18.3. The normalized spacial score (nSPS) is 10.1. The van der Waals surface area contributed by atoms with E-state index in [2.05, 4.69) is 20.7 Å². The monoisotopic (exact) mass is 302 g/mol. The summed E-state index contributed by atoms with van der Waals surface area (Å²) in [6.45, 7) is 3.51. The topological polar surface area (TPSA) is 43.4 Å². The first-order chi connectivity index (χ1) is 8.01. The van der Waals surface area contributed by atoms with E-state index < -0.39 is 17.6 Å². The Balaban J connectivity index is 3.11. The van der Waals surface area contributed by atoms with Crippen molar-refractivity contribution in [3.05, 3.63) is 33.5 Å². The van der Waals surface area contributed by atoms with Crippen LogP contribution in [0.3, 0.4) is 0 Å². The summed E-state index contributed by atoms with van der Waals surface area (Å²) >= 11 is 3.01. The molecule has 0 bridgehead atoms. The number of aryl methyl sites for hydroxylation is 1. The summed E-state index contributed by atoms with van der Waals surface area (Å²) in [6.07, 6.45) is 0.439. The molecule has 1 aromatic carbocycles. The highest BCUT2D eigenvalue weighted by Crippen LogP contribution is 2.22. The molecule has 0 aromatic heterocycles. The molecule has 0 aliphatic rings. The average molecular weight is 303 g/mol. The Morgan fingerprint density at radius 1 is 1.35 bits per heavy atom. The van der Waals surface area contributed by atoms with Crippen molar-refractivity contribution < 1.29 is 18.7 Å². The van der Waals surface area contributed by atoms with E-state index in [0.29, 0.717) is 12.0 Å². The first-order valence-corrected chi connectivity index (χ1v) is 5.99. The van der Waals surface area contributed by atoms with Crippen LogP contribution >= 0.6 is 15.9 Å². The molecule has 0 N–H and O–H groups in total. The summed E-state index contributed by atoms with van der Waals surface area (Å²) in [5.74, 6) is -2.09. The highest BCUT2D eigenvalue weighted by atomic mass is 79.9. The Labute approximate surface area is 107 Å². The van der Waals surface area contributed by atoms with Crippen molar-refractivity contribution in [2.75, 3.05) is 6.61 Å². The summed E-state index contributed by atoms with van der Waals surface area (Å²) in [5.41, 5.74) is 0.514. The molecule has 0 radical (unpaired) electrons. The van der Waals surface area contributed by atoms with Crippen molar-refractivity contribution in [1.29, 1.82) is 0 Å². The molecular weight excluding hydrogens is 291 g/mol. The van der Waals surface area contributed by atoms with Gasteiger partial charge in [-0.15, -0.1) is 0 Å². The standard InChI is InChI=1S/C12H12BrFO3/c1-3-7-5-8(6-9(13)10(7)14)11(15)12(16)17-4-2/h5-6H,3-4H2,1-2H3. The van der Waals surface area contributed by atoms with E-state index >= 15 is 0 Å². The van der Waals surface area contributed by atoms with Crippen molar-refractivity contribution >= 4 is 27.7 Å². The first kappa shape index (κ1) is 13.8. The van der Waals surface area contributed by atoms with Gasteiger partial charge in [-0.3, -0.25) is 4.79 Å².